The maximum Gasteiger partial charge on any atom is 0.266 e. The molecular weight excluding hydrogens is 426 g/mol. The number of ether oxygens (including phenoxy) is 3. The molecule has 0 saturated carbocycles. The van der Waals surface area contributed by atoms with Gasteiger partial charge in [-0.05, 0) is 56.4 Å². The summed E-state index contributed by atoms with van der Waals surface area (Å²) in [6.07, 6.45) is 0. The average Bonchev–Trinajstić information content (AvgIpc) is 3.26. The summed E-state index contributed by atoms with van der Waals surface area (Å²) in [6.45, 7) is 9.83. The zero-order valence-electron chi connectivity index (χ0n) is 19.2. The maximum absolute atomic E-state index is 13.2. The summed E-state index contributed by atoms with van der Waals surface area (Å²) in [5, 5.41) is 0.655. The Morgan fingerprint density at radius 1 is 0.969 bits per heavy atom. The molecule has 0 fully saturated rings. The number of carbonyl (C=O) groups is 1. The lowest BCUT2D eigenvalue weighted by Crippen LogP contribution is -2.41. The summed E-state index contributed by atoms with van der Waals surface area (Å²) in [4.78, 5) is 22.0. The lowest BCUT2D eigenvalue weighted by molar-refractivity contribution is -0.120. The van der Waals surface area contributed by atoms with Crippen molar-refractivity contribution in [1.29, 1.82) is 0 Å². The first kappa shape index (κ1) is 23.8. The highest BCUT2D eigenvalue weighted by molar-refractivity contribution is 7.22. The Kier molecular flexibility index (Phi) is 8.70. The predicted molar refractivity (Wildman–Crippen MR) is 129 cm³/mol. The number of thiazole rings is 1. The summed E-state index contributed by atoms with van der Waals surface area (Å²) >= 11 is 1.49. The predicted octanol–water partition coefficient (Wildman–Crippen LogP) is 4.46. The fourth-order valence-electron chi connectivity index (χ4n) is 3.30. The van der Waals surface area contributed by atoms with Crippen molar-refractivity contribution in [2.24, 2.45) is 0 Å². The molecule has 0 aliphatic rings. The highest BCUT2D eigenvalue weighted by Crippen LogP contribution is 2.34. The van der Waals surface area contributed by atoms with Crippen molar-refractivity contribution in [2.75, 3.05) is 51.4 Å². The van der Waals surface area contributed by atoms with Crippen molar-refractivity contribution in [1.82, 2.24) is 9.88 Å². The zero-order chi connectivity index (χ0) is 22.9. The fourth-order valence-corrected chi connectivity index (χ4v) is 4.33. The third-order valence-corrected chi connectivity index (χ3v) is 6.20. The van der Waals surface area contributed by atoms with Crippen LogP contribution in [0.4, 0.5) is 5.13 Å². The Bertz CT molecular complexity index is 1000. The van der Waals surface area contributed by atoms with Crippen LogP contribution in [0.25, 0.3) is 10.2 Å². The van der Waals surface area contributed by atoms with Crippen LogP contribution in [0, 0.1) is 0 Å². The van der Waals surface area contributed by atoms with E-state index in [9.17, 15) is 4.79 Å². The third-order valence-electron chi connectivity index (χ3n) is 5.16. The molecule has 0 unspecified atom stereocenters. The lowest BCUT2D eigenvalue weighted by atomic mass is 10.3. The second kappa shape index (κ2) is 11.7. The maximum atomic E-state index is 13.2. The number of aromatic nitrogens is 1. The summed E-state index contributed by atoms with van der Waals surface area (Å²) in [7, 11) is 1.61. The first-order valence-corrected chi connectivity index (χ1v) is 11.7. The van der Waals surface area contributed by atoms with E-state index in [0.29, 0.717) is 24.0 Å². The zero-order valence-corrected chi connectivity index (χ0v) is 20.0. The van der Waals surface area contributed by atoms with E-state index in [1.807, 2.05) is 25.1 Å². The molecule has 8 heteroatoms. The van der Waals surface area contributed by atoms with Crippen LogP contribution in [0.5, 0.6) is 17.2 Å². The number of rotatable bonds is 12. The van der Waals surface area contributed by atoms with Gasteiger partial charge in [0.05, 0.1) is 18.4 Å². The number of amides is 1. The molecule has 0 spiro atoms. The fraction of sp³-hybridized carbons (Fsp3) is 0.417. The molecule has 0 aliphatic carbocycles. The summed E-state index contributed by atoms with van der Waals surface area (Å²) in [5.74, 6) is 1.96. The number of anilines is 1. The molecule has 0 radical (unpaired) electrons. The molecule has 1 aromatic heterocycles. The third kappa shape index (κ3) is 5.89. The second-order valence-corrected chi connectivity index (χ2v) is 8.08. The van der Waals surface area contributed by atoms with Gasteiger partial charge in [-0.2, -0.15) is 0 Å². The number of methoxy groups -OCH3 is 1. The quantitative estimate of drug-likeness (QED) is 0.400. The van der Waals surface area contributed by atoms with E-state index in [0.717, 1.165) is 41.3 Å². The monoisotopic (exact) mass is 457 g/mol. The lowest BCUT2D eigenvalue weighted by Gasteiger charge is -2.24. The number of nitrogens with zero attached hydrogens (tertiary/aromatic N) is 3. The molecule has 2 aromatic carbocycles. The van der Waals surface area contributed by atoms with Gasteiger partial charge in [0.15, 0.2) is 11.7 Å². The van der Waals surface area contributed by atoms with Crippen molar-refractivity contribution in [3.8, 4) is 17.2 Å². The molecule has 1 amide bonds. The number of benzene rings is 2. The van der Waals surface area contributed by atoms with E-state index < -0.39 is 0 Å². The highest BCUT2D eigenvalue weighted by atomic mass is 32.1. The van der Waals surface area contributed by atoms with Gasteiger partial charge in [0.25, 0.3) is 5.91 Å². The standard InChI is InChI=1S/C24H31N3O4S/c1-5-26(6-2)15-16-27(22(28)17-31-19-13-11-18(29-4)12-14-19)24-25-23-20(30-7-3)9-8-10-21(23)32-24/h8-14H,5-7,15-17H2,1-4H3. The minimum Gasteiger partial charge on any atom is -0.497 e. The molecule has 7 nitrogen and oxygen atoms in total. The smallest absolute Gasteiger partial charge is 0.266 e. The second-order valence-electron chi connectivity index (χ2n) is 7.07. The van der Waals surface area contributed by atoms with Gasteiger partial charge in [-0.1, -0.05) is 31.3 Å². The van der Waals surface area contributed by atoms with E-state index in [1.165, 1.54) is 11.3 Å². The molecule has 172 valence electrons. The van der Waals surface area contributed by atoms with E-state index in [2.05, 4.69) is 18.7 Å². The molecule has 0 N–H and O–H groups in total. The number of fused-ring (bicyclic) bond motifs is 1. The van der Waals surface area contributed by atoms with Crippen LogP contribution in [0.2, 0.25) is 0 Å². The topological polar surface area (TPSA) is 64.1 Å². The summed E-state index contributed by atoms with van der Waals surface area (Å²) < 4.78 is 17.6. The Labute approximate surface area is 193 Å². The number of hydrogen-bond acceptors (Lipinski definition) is 7. The number of carbonyl (C=O) groups excluding carboxylic acids is 1. The number of likely N-dealkylation sites (N-methyl/N-ethyl adjacent to an activating group) is 1. The van der Waals surface area contributed by atoms with E-state index >= 15 is 0 Å². The molecule has 32 heavy (non-hydrogen) atoms. The van der Waals surface area contributed by atoms with E-state index in [4.69, 9.17) is 19.2 Å². The van der Waals surface area contributed by atoms with Crippen molar-refractivity contribution in [3.05, 3.63) is 42.5 Å². The van der Waals surface area contributed by atoms with Crippen LogP contribution in [0.15, 0.2) is 42.5 Å². The molecule has 3 aromatic rings. The van der Waals surface area contributed by atoms with Crippen LogP contribution in [0.1, 0.15) is 20.8 Å². The number of para-hydroxylation sites is 1. The SMILES string of the molecule is CCOc1cccc2sc(N(CCN(CC)CC)C(=O)COc3ccc(OC)cc3)nc12. The minimum absolute atomic E-state index is 0.0706. The van der Waals surface area contributed by atoms with Crippen LogP contribution >= 0.6 is 11.3 Å². The molecule has 0 saturated heterocycles. The van der Waals surface area contributed by atoms with Gasteiger partial charge in [-0.15, -0.1) is 0 Å². The minimum atomic E-state index is -0.134. The van der Waals surface area contributed by atoms with Crippen molar-refractivity contribution in [3.63, 3.8) is 0 Å². The highest BCUT2D eigenvalue weighted by Gasteiger charge is 2.22. The van der Waals surface area contributed by atoms with Crippen molar-refractivity contribution in [2.45, 2.75) is 20.8 Å². The first-order valence-electron chi connectivity index (χ1n) is 10.9. The van der Waals surface area contributed by atoms with Crippen LogP contribution < -0.4 is 19.1 Å². The van der Waals surface area contributed by atoms with Gasteiger partial charge in [-0.3, -0.25) is 9.69 Å². The Morgan fingerprint density at radius 3 is 2.34 bits per heavy atom. The van der Waals surface area contributed by atoms with E-state index in [-0.39, 0.29) is 12.5 Å². The molecular formula is C24H31N3O4S. The molecule has 1 heterocycles. The Morgan fingerprint density at radius 2 is 1.69 bits per heavy atom. The normalized spacial score (nSPS) is 11.0. The van der Waals surface area contributed by atoms with Gasteiger partial charge in [0, 0.05) is 13.1 Å². The summed E-state index contributed by atoms with van der Waals surface area (Å²) in [6, 6.07) is 13.0. The van der Waals surface area contributed by atoms with Crippen molar-refractivity contribution < 1.29 is 19.0 Å². The van der Waals surface area contributed by atoms with Gasteiger partial charge in [0.1, 0.15) is 22.8 Å². The molecule has 0 atom stereocenters. The Hall–Kier alpha value is -2.84. The van der Waals surface area contributed by atoms with Crippen LogP contribution in [0.3, 0.4) is 0 Å². The molecule has 0 aliphatic heterocycles. The Balaban J connectivity index is 1.81. The summed E-state index contributed by atoms with van der Waals surface area (Å²) in [5.41, 5.74) is 0.783. The van der Waals surface area contributed by atoms with E-state index in [1.54, 1.807) is 36.3 Å². The van der Waals surface area contributed by atoms with Gasteiger partial charge < -0.3 is 19.1 Å². The van der Waals surface area contributed by atoms with Crippen LogP contribution in [-0.2, 0) is 4.79 Å². The molecule has 3 rings (SSSR count). The van der Waals surface area contributed by atoms with Crippen LogP contribution in [-0.4, -0.2) is 62.3 Å². The average molecular weight is 458 g/mol. The largest absolute Gasteiger partial charge is 0.497 e. The number of hydrogen-bond donors (Lipinski definition) is 0. The van der Waals surface area contributed by atoms with Gasteiger partial charge >= 0.3 is 0 Å². The van der Waals surface area contributed by atoms with Gasteiger partial charge in [0.2, 0.25) is 0 Å². The first-order chi connectivity index (χ1) is 15.6. The van der Waals surface area contributed by atoms with Crippen molar-refractivity contribution >= 4 is 32.6 Å². The van der Waals surface area contributed by atoms with Gasteiger partial charge in [-0.25, -0.2) is 4.98 Å². The molecule has 0 bridgehead atoms.